The lowest BCUT2D eigenvalue weighted by molar-refractivity contribution is -0.137. The number of anilines is 1. The molecule has 1 fully saturated rings. The molecule has 1 aromatic heterocycles. The van der Waals surface area contributed by atoms with Gasteiger partial charge in [-0.25, -0.2) is 4.98 Å². The minimum Gasteiger partial charge on any atom is -0.367 e. The zero-order valence-electron chi connectivity index (χ0n) is 10.9. The first-order valence-corrected chi connectivity index (χ1v) is 7.09. The normalized spacial score (nSPS) is 17.9. The largest absolute Gasteiger partial charge is 0.418 e. The van der Waals surface area contributed by atoms with Gasteiger partial charge < -0.3 is 9.80 Å². The fourth-order valence-corrected chi connectivity index (χ4v) is 3.06. The van der Waals surface area contributed by atoms with E-state index < -0.39 is 11.7 Å². The fraction of sp³-hybridized carbons (Fsp3) is 0.462. The SMILES string of the molecule is CN1CCN(c2c(C(F)(F)F)ccc3s[c]nc23)CC1. The molecule has 3 rings (SSSR count). The van der Waals surface area contributed by atoms with E-state index in [9.17, 15) is 13.2 Å². The summed E-state index contributed by atoms with van der Waals surface area (Å²) >= 11 is 1.24. The maximum absolute atomic E-state index is 13.2. The van der Waals surface area contributed by atoms with Crippen LogP contribution in [0.5, 0.6) is 0 Å². The number of halogens is 3. The van der Waals surface area contributed by atoms with Crippen LogP contribution in [0.25, 0.3) is 10.2 Å². The van der Waals surface area contributed by atoms with Crippen molar-refractivity contribution in [3.63, 3.8) is 0 Å². The molecule has 0 unspecified atom stereocenters. The minimum atomic E-state index is -4.36. The summed E-state index contributed by atoms with van der Waals surface area (Å²) in [5.41, 5.74) is 2.71. The predicted molar refractivity (Wildman–Crippen MR) is 73.2 cm³/mol. The number of rotatable bonds is 1. The molecule has 1 aliphatic heterocycles. The van der Waals surface area contributed by atoms with Crippen LogP contribution < -0.4 is 4.90 Å². The van der Waals surface area contributed by atoms with E-state index in [0.29, 0.717) is 18.6 Å². The monoisotopic (exact) mass is 300 g/mol. The second kappa shape index (κ2) is 4.89. The van der Waals surface area contributed by atoms with Crippen LogP contribution in [0.2, 0.25) is 0 Å². The summed E-state index contributed by atoms with van der Waals surface area (Å²) in [5.74, 6) is 0. The van der Waals surface area contributed by atoms with Gasteiger partial charge in [0.25, 0.3) is 0 Å². The van der Waals surface area contributed by atoms with Gasteiger partial charge in [-0.15, -0.1) is 11.3 Å². The summed E-state index contributed by atoms with van der Waals surface area (Å²) < 4.78 is 40.5. The molecular weight excluding hydrogens is 287 g/mol. The molecule has 0 N–H and O–H groups in total. The van der Waals surface area contributed by atoms with Crippen molar-refractivity contribution >= 4 is 27.2 Å². The van der Waals surface area contributed by atoms with Gasteiger partial charge in [0.2, 0.25) is 0 Å². The average molecular weight is 300 g/mol. The Balaban J connectivity index is 2.12. The van der Waals surface area contributed by atoms with Gasteiger partial charge in [0, 0.05) is 26.2 Å². The van der Waals surface area contributed by atoms with E-state index in [1.807, 2.05) is 7.05 Å². The van der Waals surface area contributed by atoms with Crippen molar-refractivity contribution < 1.29 is 13.2 Å². The molecule has 2 heterocycles. The van der Waals surface area contributed by atoms with Gasteiger partial charge in [0.1, 0.15) is 5.52 Å². The quantitative estimate of drug-likeness (QED) is 0.807. The third kappa shape index (κ3) is 2.35. The van der Waals surface area contributed by atoms with Crippen molar-refractivity contribution in [3.8, 4) is 0 Å². The number of alkyl halides is 3. The molecule has 0 spiro atoms. The lowest BCUT2D eigenvalue weighted by atomic mass is 10.1. The molecule has 2 aromatic rings. The molecule has 0 aliphatic carbocycles. The molecule has 1 radical (unpaired) electrons. The first-order valence-electron chi connectivity index (χ1n) is 6.27. The van der Waals surface area contributed by atoms with Gasteiger partial charge in [-0.05, 0) is 19.2 Å². The van der Waals surface area contributed by atoms with E-state index >= 15 is 0 Å². The Morgan fingerprint density at radius 1 is 1.20 bits per heavy atom. The zero-order valence-corrected chi connectivity index (χ0v) is 11.7. The lowest BCUT2D eigenvalue weighted by Crippen LogP contribution is -2.45. The van der Waals surface area contributed by atoms with Crippen LogP contribution >= 0.6 is 11.3 Å². The first kappa shape index (κ1) is 13.6. The number of nitrogens with zero attached hydrogens (tertiary/aromatic N) is 3. The van der Waals surface area contributed by atoms with Crippen LogP contribution in [-0.4, -0.2) is 43.1 Å². The van der Waals surface area contributed by atoms with E-state index in [1.165, 1.54) is 17.4 Å². The van der Waals surface area contributed by atoms with Crippen molar-refractivity contribution in [1.29, 1.82) is 0 Å². The van der Waals surface area contributed by atoms with Gasteiger partial charge in [0.05, 0.1) is 16.0 Å². The molecular formula is C13H13F3N3S. The second-order valence-corrected chi connectivity index (χ2v) is 5.73. The molecule has 1 aromatic carbocycles. The molecule has 3 nitrogen and oxygen atoms in total. The standard InChI is InChI=1S/C13H13F3N3S/c1-18-4-6-19(7-5-18)12-9(13(14,15)16)2-3-10-11(12)17-8-20-10/h2-3H,4-7H2,1H3. The third-order valence-corrected chi connectivity index (χ3v) is 4.28. The highest BCUT2D eigenvalue weighted by molar-refractivity contribution is 7.16. The smallest absolute Gasteiger partial charge is 0.367 e. The topological polar surface area (TPSA) is 19.4 Å². The zero-order chi connectivity index (χ0) is 14.3. The van der Waals surface area contributed by atoms with Crippen molar-refractivity contribution in [1.82, 2.24) is 9.88 Å². The Kier molecular flexibility index (Phi) is 3.33. The molecule has 20 heavy (non-hydrogen) atoms. The van der Waals surface area contributed by atoms with Crippen LogP contribution in [0, 0.1) is 5.51 Å². The molecule has 0 saturated carbocycles. The molecule has 1 aliphatic rings. The molecule has 1 saturated heterocycles. The first-order chi connectivity index (χ1) is 9.47. The van der Waals surface area contributed by atoms with E-state index in [2.05, 4.69) is 15.4 Å². The number of thiazole rings is 1. The lowest BCUT2D eigenvalue weighted by Gasteiger charge is -2.35. The maximum atomic E-state index is 13.2. The summed E-state index contributed by atoms with van der Waals surface area (Å²) in [7, 11) is 1.97. The van der Waals surface area contributed by atoms with E-state index in [-0.39, 0.29) is 5.69 Å². The van der Waals surface area contributed by atoms with E-state index in [1.54, 1.807) is 4.90 Å². The Bertz CT molecular complexity index is 615. The second-order valence-electron chi connectivity index (χ2n) is 4.90. The summed E-state index contributed by atoms with van der Waals surface area (Å²) in [6.07, 6.45) is -4.36. The van der Waals surface area contributed by atoms with Crippen LogP contribution in [0.4, 0.5) is 18.9 Å². The average Bonchev–Trinajstić information content (AvgIpc) is 2.85. The van der Waals surface area contributed by atoms with Crippen molar-refractivity contribution in [2.24, 2.45) is 0 Å². The van der Waals surface area contributed by atoms with Crippen molar-refractivity contribution in [2.45, 2.75) is 6.18 Å². The highest BCUT2D eigenvalue weighted by Crippen LogP contribution is 2.41. The van der Waals surface area contributed by atoms with Crippen LogP contribution in [0.3, 0.4) is 0 Å². The number of benzene rings is 1. The molecule has 0 bridgehead atoms. The van der Waals surface area contributed by atoms with Gasteiger partial charge in [-0.1, -0.05) is 0 Å². The minimum absolute atomic E-state index is 0.209. The Hall–Kier alpha value is -1.34. The van der Waals surface area contributed by atoms with Crippen LogP contribution in [0.1, 0.15) is 5.56 Å². The summed E-state index contributed by atoms with van der Waals surface area (Å²) in [5, 5.41) is 0. The predicted octanol–water partition coefficient (Wildman–Crippen LogP) is 2.87. The third-order valence-electron chi connectivity index (χ3n) is 3.55. The van der Waals surface area contributed by atoms with Gasteiger partial charge >= 0.3 is 6.18 Å². The summed E-state index contributed by atoms with van der Waals surface area (Å²) in [4.78, 5) is 7.92. The van der Waals surface area contributed by atoms with Crippen LogP contribution in [0.15, 0.2) is 12.1 Å². The molecule has 107 valence electrons. The van der Waals surface area contributed by atoms with Crippen molar-refractivity contribution in [3.05, 3.63) is 23.2 Å². The molecule has 0 atom stereocenters. The fourth-order valence-electron chi connectivity index (χ4n) is 2.45. The highest BCUT2D eigenvalue weighted by atomic mass is 32.1. The van der Waals surface area contributed by atoms with E-state index in [4.69, 9.17) is 0 Å². The number of piperazine rings is 1. The summed E-state index contributed by atoms with van der Waals surface area (Å²) in [6, 6.07) is 2.63. The number of hydrogen-bond donors (Lipinski definition) is 0. The van der Waals surface area contributed by atoms with Crippen LogP contribution in [-0.2, 0) is 6.18 Å². The Morgan fingerprint density at radius 3 is 2.55 bits per heavy atom. The number of aromatic nitrogens is 1. The Labute approximate surface area is 118 Å². The summed E-state index contributed by atoms with van der Waals surface area (Å²) in [6.45, 7) is 2.66. The van der Waals surface area contributed by atoms with Gasteiger partial charge in [0.15, 0.2) is 5.51 Å². The van der Waals surface area contributed by atoms with E-state index in [0.717, 1.165) is 23.9 Å². The maximum Gasteiger partial charge on any atom is 0.418 e. The molecule has 0 amide bonds. The number of hydrogen-bond acceptors (Lipinski definition) is 4. The number of likely N-dealkylation sites (N-methyl/N-ethyl adjacent to an activating group) is 1. The number of fused-ring (bicyclic) bond motifs is 1. The Morgan fingerprint density at radius 2 is 1.90 bits per heavy atom. The highest BCUT2D eigenvalue weighted by Gasteiger charge is 2.36. The molecule has 7 heteroatoms. The van der Waals surface area contributed by atoms with Crippen molar-refractivity contribution in [2.75, 3.05) is 38.1 Å². The van der Waals surface area contributed by atoms with Gasteiger partial charge in [-0.2, -0.15) is 13.2 Å². The van der Waals surface area contributed by atoms with Gasteiger partial charge in [-0.3, -0.25) is 0 Å².